The highest BCUT2D eigenvalue weighted by molar-refractivity contribution is 5.95. The molecular formula is C23H25N5O2. The molecule has 154 valence electrons. The van der Waals surface area contributed by atoms with Crippen LogP contribution in [0, 0.1) is 0 Å². The predicted molar refractivity (Wildman–Crippen MR) is 113 cm³/mol. The lowest BCUT2D eigenvalue weighted by Gasteiger charge is -2.46. The number of benzene rings is 1. The summed E-state index contributed by atoms with van der Waals surface area (Å²) in [6.07, 6.45) is 3.46. The monoisotopic (exact) mass is 403 g/mol. The summed E-state index contributed by atoms with van der Waals surface area (Å²) in [6.45, 7) is 3.27. The van der Waals surface area contributed by atoms with Gasteiger partial charge in [-0.15, -0.1) is 0 Å². The maximum Gasteiger partial charge on any atom is 0.247 e. The number of carbonyl (C=O) groups is 2. The van der Waals surface area contributed by atoms with Crippen molar-refractivity contribution in [3.63, 3.8) is 0 Å². The smallest absolute Gasteiger partial charge is 0.247 e. The third kappa shape index (κ3) is 3.35. The number of carbonyl (C=O) groups excluding carboxylic acids is 2. The number of rotatable bonds is 4. The summed E-state index contributed by atoms with van der Waals surface area (Å²) >= 11 is 0. The summed E-state index contributed by atoms with van der Waals surface area (Å²) in [5.41, 5.74) is 3.36. The van der Waals surface area contributed by atoms with Crippen LogP contribution in [0.2, 0.25) is 0 Å². The van der Waals surface area contributed by atoms with Gasteiger partial charge in [-0.05, 0) is 29.1 Å². The van der Waals surface area contributed by atoms with Gasteiger partial charge in [0.15, 0.2) is 0 Å². The molecule has 0 aliphatic carbocycles. The van der Waals surface area contributed by atoms with E-state index in [9.17, 15) is 9.59 Å². The van der Waals surface area contributed by atoms with E-state index in [0.717, 1.165) is 18.7 Å². The number of aromatic nitrogens is 2. The molecule has 2 amide bonds. The molecule has 2 fully saturated rings. The first-order chi connectivity index (χ1) is 14.6. The van der Waals surface area contributed by atoms with Crippen LogP contribution in [-0.4, -0.2) is 68.3 Å². The minimum absolute atomic E-state index is 0.0280. The van der Waals surface area contributed by atoms with Gasteiger partial charge < -0.3 is 14.4 Å². The number of pyridine rings is 1. The Morgan fingerprint density at radius 3 is 2.73 bits per heavy atom. The van der Waals surface area contributed by atoms with Crippen LogP contribution in [0.3, 0.4) is 0 Å². The van der Waals surface area contributed by atoms with Gasteiger partial charge in [0.05, 0.1) is 0 Å². The van der Waals surface area contributed by atoms with Crippen molar-refractivity contribution < 1.29 is 9.59 Å². The third-order valence-electron chi connectivity index (χ3n) is 6.24. The topological polar surface area (TPSA) is 61.7 Å². The Labute approximate surface area is 175 Å². The molecule has 0 spiro atoms. The SMILES string of the molecule is Cn1c(CN2CCN3C(=O)CN(Cc4cccnc4)C(=O)C3C2)cc2ccccc21. The fraction of sp³-hybridized carbons (Fsp3) is 0.348. The van der Waals surface area contributed by atoms with Crippen LogP contribution in [0.4, 0.5) is 0 Å². The Kier molecular flexibility index (Phi) is 4.75. The molecule has 30 heavy (non-hydrogen) atoms. The lowest BCUT2D eigenvalue weighted by molar-refractivity contribution is -0.160. The molecule has 0 saturated carbocycles. The van der Waals surface area contributed by atoms with Gasteiger partial charge in [0.2, 0.25) is 11.8 Å². The summed E-state index contributed by atoms with van der Waals surface area (Å²) in [5.74, 6) is 0.0629. The molecule has 4 heterocycles. The maximum absolute atomic E-state index is 13.2. The van der Waals surface area contributed by atoms with Gasteiger partial charge in [0.25, 0.3) is 0 Å². The zero-order chi connectivity index (χ0) is 20.7. The molecule has 3 aromatic rings. The van der Waals surface area contributed by atoms with Gasteiger partial charge in [0.1, 0.15) is 12.6 Å². The highest BCUT2D eigenvalue weighted by Crippen LogP contribution is 2.23. The number of amides is 2. The Bertz CT molecular complexity index is 1090. The fourth-order valence-corrected chi connectivity index (χ4v) is 4.61. The first kappa shape index (κ1) is 18.8. The van der Waals surface area contributed by atoms with Crippen LogP contribution < -0.4 is 0 Å². The Morgan fingerprint density at radius 2 is 1.93 bits per heavy atom. The molecule has 0 bridgehead atoms. The van der Waals surface area contributed by atoms with Gasteiger partial charge in [-0.2, -0.15) is 0 Å². The van der Waals surface area contributed by atoms with Gasteiger partial charge >= 0.3 is 0 Å². The van der Waals surface area contributed by atoms with Crippen LogP contribution in [0.5, 0.6) is 0 Å². The first-order valence-corrected chi connectivity index (χ1v) is 10.3. The van der Waals surface area contributed by atoms with Crippen molar-refractivity contribution >= 4 is 22.7 Å². The standard InChI is InChI=1S/C23H25N5O2/c1-25-19(11-18-6-2-3-7-20(18)25)14-26-9-10-28-21(15-26)23(30)27(16-22(28)29)13-17-5-4-8-24-12-17/h2-8,11-12,21H,9-10,13-16H2,1H3. The average molecular weight is 403 g/mol. The minimum atomic E-state index is -0.411. The second kappa shape index (κ2) is 7.57. The molecule has 2 aliphatic rings. The number of fused-ring (bicyclic) bond motifs is 2. The summed E-state index contributed by atoms with van der Waals surface area (Å²) in [5, 5.41) is 1.22. The number of hydrogen-bond donors (Lipinski definition) is 0. The average Bonchev–Trinajstić information content (AvgIpc) is 3.08. The number of para-hydroxylation sites is 1. The molecule has 2 aliphatic heterocycles. The van der Waals surface area contributed by atoms with E-state index in [1.807, 2.05) is 24.3 Å². The lowest BCUT2D eigenvalue weighted by atomic mass is 10.1. The predicted octanol–water partition coefficient (Wildman–Crippen LogP) is 1.63. The molecule has 2 saturated heterocycles. The van der Waals surface area contributed by atoms with Crippen molar-refractivity contribution in [2.24, 2.45) is 7.05 Å². The normalized spacial score (nSPS) is 20.1. The molecule has 1 unspecified atom stereocenters. The van der Waals surface area contributed by atoms with E-state index >= 15 is 0 Å². The van der Waals surface area contributed by atoms with Crippen LogP contribution >= 0.6 is 0 Å². The van der Waals surface area contributed by atoms with E-state index in [0.29, 0.717) is 19.6 Å². The quantitative estimate of drug-likeness (QED) is 0.664. The van der Waals surface area contributed by atoms with Crippen molar-refractivity contribution in [2.45, 2.75) is 19.1 Å². The maximum atomic E-state index is 13.2. The lowest BCUT2D eigenvalue weighted by Crippen LogP contribution is -2.66. The zero-order valence-corrected chi connectivity index (χ0v) is 17.1. The van der Waals surface area contributed by atoms with Crippen LogP contribution in [-0.2, 0) is 29.7 Å². The fourth-order valence-electron chi connectivity index (χ4n) is 4.61. The van der Waals surface area contributed by atoms with Gasteiger partial charge in [-0.25, -0.2) is 0 Å². The summed E-state index contributed by atoms with van der Waals surface area (Å²) in [6, 6.07) is 13.9. The Morgan fingerprint density at radius 1 is 1.07 bits per heavy atom. The molecule has 0 N–H and O–H groups in total. The molecule has 2 aromatic heterocycles. The molecule has 5 rings (SSSR count). The van der Waals surface area contributed by atoms with Crippen LogP contribution in [0.1, 0.15) is 11.3 Å². The summed E-state index contributed by atoms with van der Waals surface area (Å²) in [4.78, 5) is 35.7. The third-order valence-corrected chi connectivity index (χ3v) is 6.24. The van der Waals surface area contributed by atoms with Crippen molar-refractivity contribution in [3.8, 4) is 0 Å². The molecule has 7 nitrogen and oxygen atoms in total. The van der Waals surface area contributed by atoms with E-state index in [-0.39, 0.29) is 18.4 Å². The molecule has 7 heteroatoms. The van der Waals surface area contributed by atoms with Crippen LogP contribution in [0.15, 0.2) is 54.9 Å². The van der Waals surface area contributed by atoms with Crippen LogP contribution in [0.25, 0.3) is 10.9 Å². The number of hydrogen-bond acceptors (Lipinski definition) is 4. The van der Waals surface area contributed by atoms with Gasteiger partial charge in [-0.1, -0.05) is 24.3 Å². The molecular weight excluding hydrogens is 378 g/mol. The van der Waals surface area contributed by atoms with E-state index in [1.165, 1.54) is 16.6 Å². The summed E-state index contributed by atoms with van der Waals surface area (Å²) in [7, 11) is 2.08. The second-order valence-corrected chi connectivity index (χ2v) is 8.15. The van der Waals surface area contributed by atoms with E-state index < -0.39 is 6.04 Å². The highest BCUT2D eigenvalue weighted by atomic mass is 16.2. The molecule has 1 atom stereocenters. The van der Waals surface area contributed by atoms with E-state index in [2.05, 4.69) is 39.7 Å². The van der Waals surface area contributed by atoms with E-state index in [1.54, 1.807) is 22.2 Å². The first-order valence-electron chi connectivity index (χ1n) is 10.3. The van der Waals surface area contributed by atoms with Gasteiger partial charge in [-0.3, -0.25) is 19.5 Å². The van der Waals surface area contributed by atoms with E-state index in [4.69, 9.17) is 0 Å². The van der Waals surface area contributed by atoms with Crippen molar-refractivity contribution in [3.05, 3.63) is 66.1 Å². The Hall–Kier alpha value is -3.19. The summed E-state index contributed by atoms with van der Waals surface area (Å²) < 4.78 is 2.21. The number of nitrogens with zero attached hydrogens (tertiary/aromatic N) is 5. The zero-order valence-electron chi connectivity index (χ0n) is 17.1. The van der Waals surface area contributed by atoms with Gasteiger partial charge in [0, 0.05) is 63.4 Å². The molecule has 0 radical (unpaired) electrons. The minimum Gasteiger partial charge on any atom is -0.346 e. The highest BCUT2D eigenvalue weighted by Gasteiger charge is 2.42. The second-order valence-electron chi connectivity index (χ2n) is 8.15. The van der Waals surface area contributed by atoms with Crippen molar-refractivity contribution in [1.29, 1.82) is 0 Å². The number of piperazine rings is 2. The van der Waals surface area contributed by atoms with Crippen molar-refractivity contribution in [1.82, 2.24) is 24.3 Å². The number of aryl methyl sites for hydroxylation is 1. The largest absolute Gasteiger partial charge is 0.346 e. The van der Waals surface area contributed by atoms with Crippen molar-refractivity contribution in [2.75, 3.05) is 26.2 Å². The molecule has 1 aromatic carbocycles. The Balaban J connectivity index is 1.32.